The van der Waals surface area contributed by atoms with E-state index in [0.29, 0.717) is 11.1 Å². The number of carbonyl (C=O) groups is 2. The summed E-state index contributed by atoms with van der Waals surface area (Å²) in [5.41, 5.74) is 0.919. The van der Waals surface area contributed by atoms with Gasteiger partial charge in [0.05, 0.1) is 19.8 Å². The van der Waals surface area contributed by atoms with Crippen molar-refractivity contribution in [3.63, 3.8) is 0 Å². The molecule has 0 atom stereocenters. The minimum atomic E-state index is -0.769. The molecular formula is C12H14O5. The summed E-state index contributed by atoms with van der Waals surface area (Å²) in [5.74, 6) is -1.71. The van der Waals surface area contributed by atoms with Gasteiger partial charge in [-0.2, -0.15) is 0 Å². The normalized spacial score (nSPS) is 9.88. The molecule has 1 N–H and O–H groups in total. The van der Waals surface area contributed by atoms with Gasteiger partial charge in [-0.1, -0.05) is 6.07 Å². The number of aromatic hydroxyl groups is 1. The first-order valence-electron chi connectivity index (χ1n) is 4.93. The molecule has 0 aliphatic heterocycles. The summed E-state index contributed by atoms with van der Waals surface area (Å²) in [5, 5.41) is 9.84. The Morgan fingerprint density at radius 3 is 1.94 bits per heavy atom. The quantitative estimate of drug-likeness (QED) is 0.792. The van der Waals surface area contributed by atoms with Crippen molar-refractivity contribution < 1.29 is 24.2 Å². The number of benzene rings is 1. The van der Waals surface area contributed by atoms with E-state index >= 15 is 0 Å². The third kappa shape index (κ3) is 2.22. The third-order valence-electron chi connectivity index (χ3n) is 2.47. The third-order valence-corrected chi connectivity index (χ3v) is 2.47. The fourth-order valence-electron chi connectivity index (χ4n) is 1.64. The highest BCUT2D eigenvalue weighted by Gasteiger charge is 2.26. The lowest BCUT2D eigenvalue weighted by molar-refractivity contribution is 0.0551. The van der Waals surface area contributed by atoms with E-state index in [2.05, 4.69) is 9.47 Å². The number of esters is 2. The zero-order valence-electron chi connectivity index (χ0n) is 10.2. The lowest BCUT2D eigenvalue weighted by Gasteiger charge is -2.13. The molecule has 0 aliphatic carbocycles. The minimum absolute atomic E-state index is 0.0300. The Morgan fingerprint density at radius 2 is 1.47 bits per heavy atom. The summed E-state index contributed by atoms with van der Waals surface area (Å²) >= 11 is 0. The largest absolute Gasteiger partial charge is 0.507 e. The fraction of sp³-hybridized carbons (Fsp3) is 0.333. The van der Waals surface area contributed by atoms with Gasteiger partial charge in [-0.15, -0.1) is 0 Å². The first kappa shape index (κ1) is 13.0. The number of phenols is 1. The van der Waals surface area contributed by atoms with Crippen molar-refractivity contribution in [2.45, 2.75) is 13.8 Å². The van der Waals surface area contributed by atoms with Crippen molar-refractivity contribution in [1.82, 2.24) is 0 Å². The molecule has 17 heavy (non-hydrogen) atoms. The molecule has 0 bridgehead atoms. The van der Waals surface area contributed by atoms with Gasteiger partial charge in [0.15, 0.2) is 0 Å². The van der Waals surface area contributed by atoms with Crippen molar-refractivity contribution in [3.05, 3.63) is 28.3 Å². The van der Waals surface area contributed by atoms with Crippen LogP contribution in [-0.4, -0.2) is 31.3 Å². The fourth-order valence-corrected chi connectivity index (χ4v) is 1.64. The van der Waals surface area contributed by atoms with Gasteiger partial charge in [0.2, 0.25) is 0 Å². The van der Waals surface area contributed by atoms with Crippen LogP contribution in [0.4, 0.5) is 0 Å². The number of hydrogen-bond donors (Lipinski definition) is 1. The van der Waals surface area contributed by atoms with E-state index in [4.69, 9.17) is 0 Å². The van der Waals surface area contributed by atoms with E-state index in [1.54, 1.807) is 19.9 Å². The van der Waals surface area contributed by atoms with Crippen LogP contribution in [0.25, 0.3) is 0 Å². The van der Waals surface area contributed by atoms with Crippen LogP contribution in [-0.2, 0) is 9.47 Å². The second-order valence-electron chi connectivity index (χ2n) is 3.59. The van der Waals surface area contributed by atoms with Crippen LogP contribution < -0.4 is 0 Å². The topological polar surface area (TPSA) is 72.8 Å². The van der Waals surface area contributed by atoms with Crippen molar-refractivity contribution in [3.8, 4) is 5.75 Å². The Bertz CT molecular complexity index is 476. The van der Waals surface area contributed by atoms with Gasteiger partial charge < -0.3 is 14.6 Å². The number of rotatable bonds is 2. The molecule has 0 heterocycles. The Kier molecular flexibility index (Phi) is 3.73. The van der Waals surface area contributed by atoms with Crippen LogP contribution in [0, 0.1) is 13.8 Å². The summed E-state index contributed by atoms with van der Waals surface area (Å²) in [6.07, 6.45) is 0. The number of aryl methyl sites for hydroxylation is 2. The van der Waals surface area contributed by atoms with Crippen LogP contribution >= 0.6 is 0 Å². The molecule has 0 aromatic heterocycles. The summed E-state index contributed by atoms with van der Waals surface area (Å²) < 4.78 is 9.15. The Labute approximate surface area is 99.0 Å². The lowest BCUT2D eigenvalue weighted by Crippen LogP contribution is -2.14. The first-order chi connectivity index (χ1) is 7.93. The zero-order chi connectivity index (χ0) is 13.2. The molecule has 92 valence electrons. The van der Waals surface area contributed by atoms with E-state index in [0.717, 1.165) is 0 Å². The predicted octanol–water partition coefficient (Wildman–Crippen LogP) is 1.58. The molecule has 0 spiro atoms. The van der Waals surface area contributed by atoms with E-state index in [1.165, 1.54) is 14.2 Å². The highest BCUT2D eigenvalue weighted by Crippen LogP contribution is 2.29. The maximum atomic E-state index is 11.6. The molecule has 0 saturated carbocycles. The van der Waals surface area contributed by atoms with E-state index in [9.17, 15) is 14.7 Å². The van der Waals surface area contributed by atoms with Gasteiger partial charge in [-0.25, -0.2) is 9.59 Å². The number of carbonyl (C=O) groups excluding carboxylic acids is 2. The predicted molar refractivity (Wildman–Crippen MR) is 60.3 cm³/mol. The molecular weight excluding hydrogens is 224 g/mol. The monoisotopic (exact) mass is 238 g/mol. The van der Waals surface area contributed by atoms with Crippen LogP contribution in [0.15, 0.2) is 6.07 Å². The molecule has 0 fully saturated rings. The molecule has 1 aromatic carbocycles. The van der Waals surface area contributed by atoms with Gasteiger partial charge in [0.1, 0.15) is 11.3 Å². The summed E-state index contributed by atoms with van der Waals surface area (Å²) in [4.78, 5) is 23.2. The maximum absolute atomic E-state index is 11.6. The van der Waals surface area contributed by atoms with Crippen molar-refractivity contribution in [2.75, 3.05) is 14.2 Å². The van der Waals surface area contributed by atoms with Crippen molar-refractivity contribution in [2.24, 2.45) is 0 Å². The molecule has 0 radical (unpaired) electrons. The number of phenolic OH excluding ortho intramolecular Hbond substituents is 1. The summed E-state index contributed by atoms with van der Waals surface area (Å²) in [7, 11) is 2.39. The molecule has 0 amide bonds. The smallest absolute Gasteiger partial charge is 0.342 e. The minimum Gasteiger partial charge on any atom is -0.507 e. The molecule has 0 saturated heterocycles. The molecule has 1 aromatic rings. The second-order valence-corrected chi connectivity index (χ2v) is 3.59. The van der Waals surface area contributed by atoms with Crippen LogP contribution in [0.5, 0.6) is 5.75 Å². The Hall–Kier alpha value is -2.04. The number of methoxy groups -OCH3 is 2. The average Bonchev–Trinajstić information content (AvgIpc) is 2.31. The number of hydrogen-bond acceptors (Lipinski definition) is 5. The molecule has 0 aliphatic rings. The van der Waals surface area contributed by atoms with Gasteiger partial charge in [0.25, 0.3) is 0 Å². The summed E-state index contributed by atoms with van der Waals surface area (Å²) in [6, 6.07) is 1.61. The summed E-state index contributed by atoms with van der Waals surface area (Å²) in [6.45, 7) is 3.29. The maximum Gasteiger partial charge on any atom is 0.342 e. The zero-order valence-corrected chi connectivity index (χ0v) is 10.2. The van der Waals surface area contributed by atoms with Crippen LogP contribution in [0.3, 0.4) is 0 Å². The lowest BCUT2D eigenvalue weighted by atomic mass is 9.97. The first-order valence-corrected chi connectivity index (χ1v) is 4.93. The van der Waals surface area contributed by atoms with Gasteiger partial charge in [-0.05, 0) is 25.0 Å². The second kappa shape index (κ2) is 4.86. The molecule has 5 heteroatoms. The SMILES string of the molecule is COC(=O)c1c(C)cc(C)c(O)c1C(=O)OC. The van der Waals surface area contributed by atoms with Crippen molar-refractivity contribution >= 4 is 11.9 Å². The standard InChI is InChI=1S/C12H14O5/c1-6-5-7(2)10(13)9(12(15)17-4)8(6)11(14)16-3/h5,13H,1-4H3. The Morgan fingerprint density at radius 1 is 1.00 bits per heavy atom. The van der Waals surface area contributed by atoms with Crippen molar-refractivity contribution in [1.29, 1.82) is 0 Å². The van der Waals surface area contributed by atoms with Gasteiger partial charge in [-0.3, -0.25) is 0 Å². The molecule has 1 rings (SSSR count). The van der Waals surface area contributed by atoms with E-state index in [1.807, 2.05) is 0 Å². The van der Waals surface area contributed by atoms with Gasteiger partial charge >= 0.3 is 11.9 Å². The number of ether oxygens (including phenoxy) is 2. The van der Waals surface area contributed by atoms with Crippen LogP contribution in [0.2, 0.25) is 0 Å². The Balaban J connectivity index is 3.61. The highest BCUT2D eigenvalue weighted by molar-refractivity contribution is 6.06. The molecule has 5 nitrogen and oxygen atoms in total. The average molecular weight is 238 g/mol. The molecule has 0 unspecified atom stereocenters. The highest BCUT2D eigenvalue weighted by atomic mass is 16.5. The van der Waals surface area contributed by atoms with E-state index < -0.39 is 11.9 Å². The van der Waals surface area contributed by atoms with Gasteiger partial charge in [0, 0.05) is 0 Å². The van der Waals surface area contributed by atoms with Crippen LogP contribution in [0.1, 0.15) is 31.8 Å². The van der Waals surface area contributed by atoms with E-state index in [-0.39, 0.29) is 16.9 Å².